The minimum atomic E-state index is -0.675. The number of hydrogen-bond donors (Lipinski definition) is 5. The highest BCUT2D eigenvalue weighted by atomic mass is 16.3. The van der Waals surface area contributed by atoms with E-state index >= 15 is 0 Å². The largest absolute Gasteiger partial charge is 0.508 e. The number of carbonyl (C=O) groups is 2. The van der Waals surface area contributed by atoms with Crippen molar-refractivity contribution in [3.63, 3.8) is 0 Å². The van der Waals surface area contributed by atoms with Crippen LogP contribution in [0.5, 0.6) is 5.75 Å². The molecule has 1 aromatic rings. The summed E-state index contributed by atoms with van der Waals surface area (Å²) in [6, 6.07) is 5.96. The molecule has 7 nitrogen and oxygen atoms in total. The maximum Gasteiger partial charge on any atom is 0.240 e. The molecule has 0 aliphatic carbocycles. The number of amides is 2. The van der Waals surface area contributed by atoms with E-state index in [4.69, 9.17) is 11.6 Å². The van der Waals surface area contributed by atoms with Crippen LogP contribution in [0.2, 0.25) is 0 Å². The van der Waals surface area contributed by atoms with Crippen molar-refractivity contribution >= 4 is 11.8 Å². The van der Waals surface area contributed by atoms with E-state index < -0.39 is 11.9 Å². The Bertz CT molecular complexity index is 462. The molecule has 0 spiro atoms. The number of primary amides is 1. The molecule has 1 rings (SSSR count). The Morgan fingerprint density at radius 2 is 1.90 bits per heavy atom. The van der Waals surface area contributed by atoms with Gasteiger partial charge in [-0.05, 0) is 37.0 Å². The van der Waals surface area contributed by atoms with Crippen LogP contribution in [0.25, 0.3) is 0 Å². The summed E-state index contributed by atoms with van der Waals surface area (Å²) in [5.74, 6) is 4.55. The molecule has 116 valence electrons. The summed E-state index contributed by atoms with van der Waals surface area (Å²) in [5, 5.41) is 11.8. The maximum atomic E-state index is 11.8. The van der Waals surface area contributed by atoms with Crippen molar-refractivity contribution in [1.29, 1.82) is 0 Å². The van der Waals surface area contributed by atoms with Crippen LogP contribution in [0, 0.1) is 0 Å². The van der Waals surface area contributed by atoms with E-state index in [0.717, 1.165) is 5.56 Å². The van der Waals surface area contributed by atoms with Gasteiger partial charge in [-0.1, -0.05) is 12.1 Å². The Hall–Kier alpha value is -2.12. The predicted molar refractivity (Wildman–Crippen MR) is 79.0 cm³/mol. The Morgan fingerprint density at radius 3 is 2.48 bits per heavy atom. The Balaban J connectivity index is 2.39. The van der Waals surface area contributed by atoms with Crippen molar-refractivity contribution in [3.8, 4) is 5.75 Å². The molecular formula is C14H22N4O3. The van der Waals surface area contributed by atoms with E-state index in [0.29, 0.717) is 25.8 Å². The van der Waals surface area contributed by atoms with Gasteiger partial charge in [-0.2, -0.15) is 0 Å². The minimum Gasteiger partial charge on any atom is -0.508 e. The average molecular weight is 294 g/mol. The first-order valence-corrected chi connectivity index (χ1v) is 6.83. The molecule has 21 heavy (non-hydrogen) atoms. The van der Waals surface area contributed by atoms with E-state index in [1.807, 2.05) is 0 Å². The quantitative estimate of drug-likeness (QED) is 0.239. The number of hydrogen-bond acceptors (Lipinski definition) is 5. The molecule has 0 unspecified atom stereocenters. The molecule has 0 aromatic heterocycles. The van der Waals surface area contributed by atoms with Crippen LogP contribution in [0.1, 0.15) is 24.8 Å². The first kappa shape index (κ1) is 16.9. The normalized spacial score (nSPS) is 11.9. The monoisotopic (exact) mass is 294 g/mol. The summed E-state index contributed by atoms with van der Waals surface area (Å²) in [6.45, 7) is 0.549. The lowest BCUT2D eigenvalue weighted by molar-refractivity contribution is -0.127. The van der Waals surface area contributed by atoms with Gasteiger partial charge in [-0.25, -0.2) is 0 Å². The predicted octanol–water partition coefficient (Wildman–Crippen LogP) is -0.462. The summed E-state index contributed by atoms with van der Waals surface area (Å²) < 4.78 is 0. The van der Waals surface area contributed by atoms with Crippen molar-refractivity contribution in [2.45, 2.75) is 31.7 Å². The molecule has 7 heteroatoms. The number of phenolic OH excluding ortho intramolecular Hbond substituents is 1. The third kappa shape index (κ3) is 6.73. The molecule has 0 heterocycles. The van der Waals surface area contributed by atoms with Crippen molar-refractivity contribution in [1.82, 2.24) is 10.7 Å². The van der Waals surface area contributed by atoms with Crippen LogP contribution in [0.15, 0.2) is 24.3 Å². The highest BCUT2D eigenvalue weighted by Crippen LogP contribution is 2.11. The van der Waals surface area contributed by atoms with Crippen LogP contribution >= 0.6 is 0 Å². The summed E-state index contributed by atoms with van der Waals surface area (Å²) in [7, 11) is 0. The molecule has 0 fully saturated rings. The molecule has 0 bridgehead atoms. The molecular weight excluding hydrogens is 272 g/mol. The number of nitrogens with one attached hydrogen (secondary N) is 2. The van der Waals surface area contributed by atoms with Crippen LogP contribution in [-0.4, -0.2) is 29.5 Å². The number of aromatic hydroxyl groups is 1. The molecule has 2 amide bonds. The Morgan fingerprint density at radius 1 is 1.24 bits per heavy atom. The van der Waals surface area contributed by atoms with Gasteiger partial charge < -0.3 is 16.2 Å². The van der Waals surface area contributed by atoms with Gasteiger partial charge in [0.1, 0.15) is 11.8 Å². The highest BCUT2D eigenvalue weighted by molar-refractivity contribution is 5.86. The van der Waals surface area contributed by atoms with Gasteiger partial charge in [0.15, 0.2) is 0 Å². The molecule has 0 aliphatic heterocycles. The van der Waals surface area contributed by atoms with Crippen molar-refractivity contribution in [2.75, 3.05) is 6.54 Å². The molecule has 0 radical (unpaired) electrons. The van der Waals surface area contributed by atoms with Gasteiger partial charge in [-0.3, -0.25) is 20.9 Å². The molecule has 7 N–H and O–H groups in total. The SMILES string of the molecule is NNCCC[C@H](NC(=O)CCc1ccc(O)cc1)C(N)=O. The molecule has 0 saturated carbocycles. The van der Waals surface area contributed by atoms with E-state index in [9.17, 15) is 14.7 Å². The van der Waals surface area contributed by atoms with Crippen molar-refractivity contribution in [3.05, 3.63) is 29.8 Å². The van der Waals surface area contributed by atoms with Gasteiger partial charge in [0.2, 0.25) is 11.8 Å². The summed E-state index contributed by atoms with van der Waals surface area (Å²) in [5.41, 5.74) is 8.68. The Labute approximate surface area is 123 Å². The second-order valence-electron chi connectivity index (χ2n) is 4.79. The minimum absolute atomic E-state index is 0.186. The average Bonchev–Trinajstić information content (AvgIpc) is 2.45. The number of aryl methyl sites for hydroxylation is 1. The highest BCUT2D eigenvalue weighted by Gasteiger charge is 2.17. The fraction of sp³-hybridized carbons (Fsp3) is 0.429. The topological polar surface area (TPSA) is 130 Å². The molecule has 1 aromatic carbocycles. The number of nitrogens with two attached hydrogens (primary N) is 2. The van der Waals surface area contributed by atoms with Gasteiger partial charge >= 0.3 is 0 Å². The van der Waals surface area contributed by atoms with E-state index in [-0.39, 0.29) is 18.1 Å². The van der Waals surface area contributed by atoms with Gasteiger partial charge in [0.25, 0.3) is 0 Å². The van der Waals surface area contributed by atoms with Crippen LogP contribution in [0.3, 0.4) is 0 Å². The molecule has 1 atom stereocenters. The molecule has 0 saturated heterocycles. The Kier molecular flexibility index (Phi) is 7.20. The zero-order valence-corrected chi connectivity index (χ0v) is 11.8. The second-order valence-corrected chi connectivity index (χ2v) is 4.79. The lowest BCUT2D eigenvalue weighted by atomic mass is 10.1. The van der Waals surface area contributed by atoms with E-state index in [1.165, 1.54) is 0 Å². The molecule has 0 aliphatic rings. The zero-order valence-electron chi connectivity index (χ0n) is 11.8. The summed E-state index contributed by atoms with van der Waals surface area (Å²) in [6.07, 6.45) is 1.87. The standard InChI is InChI=1S/C14H22N4O3/c15-14(21)12(2-1-9-17-16)18-13(20)8-5-10-3-6-11(19)7-4-10/h3-4,6-7,12,17,19H,1-2,5,8-9,16H2,(H2,15,21)(H,18,20)/t12-/m0/s1. The van der Waals surface area contributed by atoms with Gasteiger partial charge in [0, 0.05) is 13.0 Å². The summed E-state index contributed by atoms with van der Waals surface area (Å²) >= 11 is 0. The van der Waals surface area contributed by atoms with Crippen molar-refractivity contribution in [2.24, 2.45) is 11.6 Å². The number of rotatable bonds is 9. The second kappa shape index (κ2) is 8.93. The maximum absolute atomic E-state index is 11.8. The van der Waals surface area contributed by atoms with Crippen molar-refractivity contribution < 1.29 is 14.7 Å². The summed E-state index contributed by atoms with van der Waals surface area (Å²) in [4.78, 5) is 23.1. The third-order valence-corrected chi connectivity index (χ3v) is 3.07. The van der Waals surface area contributed by atoms with Gasteiger partial charge in [0.05, 0.1) is 0 Å². The first-order chi connectivity index (χ1) is 10.0. The number of carbonyl (C=O) groups excluding carboxylic acids is 2. The van der Waals surface area contributed by atoms with Crippen LogP contribution in [0.4, 0.5) is 0 Å². The van der Waals surface area contributed by atoms with E-state index in [1.54, 1.807) is 24.3 Å². The van der Waals surface area contributed by atoms with Crippen LogP contribution in [-0.2, 0) is 16.0 Å². The number of benzene rings is 1. The number of phenols is 1. The zero-order chi connectivity index (χ0) is 15.7. The van der Waals surface area contributed by atoms with E-state index in [2.05, 4.69) is 10.7 Å². The fourth-order valence-corrected chi connectivity index (χ4v) is 1.88. The van der Waals surface area contributed by atoms with Crippen LogP contribution < -0.4 is 22.3 Å². The lowest BCUT2D eigenvalue weighted by Gasteiger charge is -2.15. The lowest BCUT2D eigenvalue weighted by Crippen LogP contribution is -2.44. The number of hydrazine groups is 1. The van der Waals surface area contributed by atoms with Gasteiger partial charge in [-0.15, -0.1) is 0 Å². The smallest absolute Gasteiger partial charge is 0.240 e. The first-order valence-electron chi connectivity index (χ1n) is 6.83. The fourth-order valence-electron chi connectivity index (χ4n) is 1.88. The third-order valence-electron chi connectivity index (χ3n) is 3.07.